The number of hydrogen-bond acceptors (Lipinski definition) is 7. The van der Waals surface area contributed by atoms with E-state index in [0.29, 0.717) is 23.0 Å². The number of rotatable bonds is 5. The molecule has 0 unspecified atom stereocenters. The van der Waals surface area contributed by atoms with E-state index in [9.17, 15) is 10.1 Å². The van der Waals surface area contributed by atoms with Crippen molar-refractivity contribution in [3.05, 3.63) is 70.8 Å². The van der Waals surface area contributed by atoms with Gasteiger partial charge in [-0.05, 0) is 24.3 Å². The lowest BCUT2D eigenvalue weighted by Gasteiger charge is -2.07. The number of aromatic nitrogens is 4. The summed E-state index contributed by atoms with van der Waals surface area (Å²) in [5.74, 6) is 1.69. The van der Waals surface area contributed by atoms with Gasteiger partial charge in [0.15, 0.2) is 11.5 Å². The van der Waals surface area contributed by atoms with E-state index in [1.807, 2.05) is 24.3 Å². The molecule has 2 aromatic heterocycles. The average molecular weight is 363 g/mol. The molecule has 0 saturated carbocycles. The Hall–Kier alpha value is -4.01. The molecule has 0 atom stereocenters. The molecule has 9 nitrogen and oxygen atoms in total. The summed E-state index contributed by atoms with van der Waals surface area (Å²) in [4.78, 5) is 10.4. The number of methoxy groups -OCH3 is 1. The Balaban J connectivity index is 1.74. The third-order valence-electron chi connectivity index (χ3n) is 3.84. The Morgan fingerprint density at radius 2 is 1.89 bits per heavy atom. The van der Waals surface area contributed by atoms with Crippen LogP contribution >= 0.6 is 0 Å². The van der Waals surface area contributed by atoms with Gasteiger partial charge < -0.3 is 9.47 Å². The Kier molecular flexibility index (Phi) is 4.09. The zero-order valence-corrected chi connectivity index (χ0v) is 14.1. The number of nitro benzene ring substituents is 1. The quantitative estimate of drug-likeness (QED) is 0.395. The number of hydrogen-bond donors (Lipinski definition) is 0. The third-order valence-corrected chi connectivity index (χ3v) is 3.84. The van der Waals surface area contributed by atoms with Crippen LogP contribution in [-0.2, 0) is 0 Å². The maximum atomic E-state index is 10.9. The molecule has 4 rings (SSSR count). The normalized spacial score (nSPS) is 10.7. The molecular formula is C18H13N5O4. The molecule has 0 aliphatic rings. The minimum atomic E-state index is -0.483. The van der Waals surface area contributed by atoms with E-state index in [2.05, 4.69) is 15.3 Å². The van der Waals surface area contributed by atoms with Crippen molar-refractivity contribution >= 4 is 11.3 Å². The summed E-state index contributed by atoms with van der Waals surface area (Å²) in [7, 11) is 1.58. The number of non-ortho nitro benzene ring substituents is 1. The first-order valence-electron chi connectivity index (χ1n) is 7.94. The Bertz CT molecular complexity index is 1140. The van der Waals surface area contributed by atoms with E-state index in [1.165, 1.54) is 16.6 Å². The van der Waals surface area contributed by atoms with Crippen molar-refractivity contribution in [1.82, 2.24) is 19.8 Å². The van der Waals surface area contributed by atoms with E-state index in [1.54, 1.807) is 31.4 Å². The number of nitrogens with zero attached hydrogens (tertiary/aromatic N) is 5. The van der Waals surface area contributed by atoms with Crippen LogP contribution in [0.25, 0.3) is 17.0 Å². The molecule has 134 valence electrons. The van der Waals surface area contributed by atoms with Crippen LogP contribution in [0.2, 0.25) is 0 Å². The number of nitro groups is 1. The van der Waals surface area contributed by atoms with Gasteiger partial charge in [0.25, 0.3) is 5.69 Å². The molecule has 4 aromatic rings. The first-order valence-corrected chi connectivity index (χ1v) is 7.94. The number of para-hydroxylation sites is 1. The number of fused-ring (bicyclic) bond motifs is 1. The van der Waals surface area contributed by atoms with Crippen molar-refractivity contribution in [2.45, 2.75) is 0 Å². The molecule has 0 amide bonds. The van der Waals surface area contributed by atoms with Gasteiger partial charge in [0, 0.05) is 12.1 Å². The van der Waals surface area contributed by atoms with E-state index >= 15 is 0 Å². The van der Waals surface area contributed by atoms with Crippen LogP contribution in [0, 0.1) is 10.1 Å². The van der Waals surface area contributed by atoms with Gasteiger partial charge in [0.05, 0.1) is 23.7 Å². The van der Waals surface area contributed by atoms with Crippen molar-refractivity contribution in [2.75, 3.05) is 7.11 Å². The van der Waals surface area contributed by atoms with Gasteiger partial charge in [-0.1, -0.05) is 18.2 Å². The fourth-order valence-corrected chi connectivity index (χ4v) is 2.61. The van der Waals surface area contributed by atoms with Crippen LogP contribution in [0.4, 0.5) is 5.69 Å². The predicted octanol–water partition coefficient (Wildman–Crippen LogP) is 3.50. The second-order valence-electron chi connectivity index (χ2n) is 5.52. The summed E-state index contributed by atoms with van der Waals surface area (Å²) in [6.45, 7) is 0. The zero-order valence-electron chi connectivity index (χ0n) is 14.1. The summed E-state index contributed by atoms with van der Waals surface area (Å²) in [6.07, 6.45) is 0. The van der Waals surface area contributed by atoms with E-state index in [4.69, 9.17) is 9.47 Å². The minimum absolute atomic E-state index is 0.0624. The van der Waals surface area contributed by atoms with Crippen LogP contribution in [0.15, 0.2) is 60.7 Å². The van der Waals surface area contributed by atoms with E-state index in [0.717, 1.165) is 5.56 Å². The molecule has 0 aliphatic heterocycles. The third kappa shape index (κ3) is 3.13. The molecule has 0 radical (unpaired) electrons. The molecule has 0 saturated heterocycles. The summed E-state index contributed by atoms with van der Waals surface area (Å²) in [6, 6.07) is 16.6. The van der Waals surface area contributed by atoms with Crippen molar-refractivity contribution < 1.29 is 14.4 Å². The highest BCUT2D eigenvalue weighted by molar-refractivity contribution is 5.66. The molecule has 0 N–H and O–H groups in total. The SMILES string of the molecule is COc1ccccc1-c1nnc2ccc(Oc3cccc([N+](=O)[O-])c3)nn12. The van der Waals surface area contributed by atoms with Crippen LogP contribution in [0.1, 0.15) is 0 Å². The topological polar surface area (TPSA) is 105 Å². The standard InChI is InChI=1S/C18H13N5O4/c1-26-15-8-3-2-7-14(15)18-20-19-16-9-10-17(21-22(16)18)27-13-6-4-5-12(11-13)23(24)25/h2-11H,1H3. The van der Waals surface area contributed by atoms with Crippen molar-refractivity contribution in [1.29, 1.82) is 0 Å². The van der Waals surface area contributed by atoms with Crippen LogP contribution in [0.3, 0.4) is 0 Å². The Labute approximate surface area is 153 Å². The smallest absolute Gasteiger partial charge is 0.273 e. The Morgan fingerprint density at radius 1 is 1.04 bits per heavy atom. The van der Waals surface area contributed by atoms with Crippen LogP contribution in [0.5, 0.6) is 17.4 Å². The lowest BCUT2D eigenvalue weighted by Crippen LogP contribution is -1.99. The maximum absolute atomic E-state index is 10.9. The monoisotopic (exact) mass is 363 g/mol. The molecule has 0 fully saturated rings. The minimum Gasteiger partial charge on any atom is -0.496 e. The van der Waals surface area contributed by atoms with Gasteiger partial charge in [-0.15, -0.1) is 15.3 Å². The molecular weight excluding hydrogens is 350 g/mol. The van der Waals surface area contributed by atoms with Crippen LogP contribution < -0.4 is 9.47 Å². The predicted molar refractivity (Wildman–Crippen MR) is 95.9 cm³/mol. The van der Waals surface area contributed by atoms with Gasteiger partial charge >= 0.3 is 0 Å². The van der Waals surface area contributed by atoms with E-state index in [-0.39, 0.29) is 11.6 Å². The molecule has 9 heteroatoms. The summed E-state index contributed by atoms with van der Waals surface area (Å²) in [5, 5.41) is 23.6. The molecule has 27 heavy (non-hydrogen) atoms. The second kappa shape index (κ2) is 6.71. The van der Waals surface area contributed by atoms with Gasteiger partial charge in [0.1, 0.15) is 11.5 Å². The zero-order chi connectivity index (χ0) is 18.8. The number of benzene rings is 2. The second-order valence-corrected chi connectivity index (χ2v) is 5.52. The first kappa shape index (κ1) is 16.5. The molecule has 0 bridgehead atoms. The maximum Gasteiger partial charge on any atom is 0.273 e. The van der Waals surface area contributed by atoms with Crippen molar-refractivity contribution in [3.8, 4) is 28.8 Å². The van der Waals surface area contributed by atoms with Crippen molar-refractivity contribution in [2.24, 2.45) is 0 Å². The highest BCUT2D eigenvalue weighted by Gasteiger charge is 2.15. The molecule has 2 heterocycles. The largest absolute Gasteiger partial charge is 0.496 e. The van der Waals surface area contributed by atoms with Gasteiger partial charge in [-0.3, -0.25) is 10.1 Å². The lowest BCUT2D eigenvalue weighted by atomic mass is 10.2. The molecule has 0 aliphatic carbocycles. The van der Waals surface area contributed by atoms with Crippen LogP contribution in [-0.4, -0.2) is 31.8 Å². The van der Waals surface area contributed by atoms with Gasteiger partial charge in [-0.2, -0.15) is 4.52 Å². The first-order chi connectivity index (χ1) is 13.2. The van der Waals surface area contributed by atoms with E-state index < -0.39 is 4.92 Å². The lowest BCUT2D eigenvalue weighted by molar-refractivity contribution is -0.384. The average Bonchev–Trinajstić information content (AvgIpc) is 3.11. The highest BCUT2D eigenvalue weighted by atomic mass is 16.6. The number of ether oxygens (including phenoxy) is 2. The summed E-state index contributed by atoms with van der Waals surface area (Å²) < 4.78 is 12.6. The molecule has 2 aromatic carbocycles. The Morgan fingerprint density at radius 3 is 2.70 bits per heavy atom. The fourth-order valence-electron chi connectivity index (χ4n) is 2.61. The molecule has 0 spiro atoms. The highest BCUT2D eigenvalue weighted by Crippen LogP contribution is 2.29. The summed E-state index contributed by atoms with van der Waals surface area (Å²) in [5.41, 5.74) is 1.20. The van der Waals surface area contributed by atoms with Gasteiger partial charge in [0.2, 0.25) is 5.88 Å². The van der Waals surface area contributed by atoms with Gasteiger partial charge in [-0.25, -0.2) is 0 Å². The summed E-state index contributed by atoms with van der Waals surface area (Å²) >= 11 is 0. The van der Waals surface area contributed by atoms with Crippen molar-refractivity contribution in [3.63, 3.8) is 0 Å². The fraction of sp³-hybridized carbons (Fsp3) is 0.0556.